The summed E-state index contributed by atoms with van der Waals surface area (Å²) in [6.07, 6.45) is 1.57. The van der Waals surface area contributed by atoms with Crippen molar-refractivity contribution in [2.75, 3.05) is 13.2 Å². The molecule has 0 aromatic carbocycles. The van der Waals surface area contributed by atoms with Gasteiger partial charge in [0.1, 0.15) is 0 Å². The number of ether oxygens (including phenoxy) is 1. The molecule has 0 spiro atoms. The number of hydrogen-bond donors (Lipinski definition) is 1. The average molecular weight is 252 g/mol. The van der Waals surface area contributed by atoms with Gasteiger partial charge in [-0.2, -0.15) is 0 Å². The molecule has 18 heavy (non-hydrogen) atoms. The number of carbonyl (C=O) groups is 1. The summed E-state index contributed by atoms with van der Waals surface area (Å²) >= 11 is 0. The van der Waals surface area contributed by atoms with Gasteiger partial charge in [-0.05, 0) is 26.8 Å². The number of nitrogens with one attached hydrogen (secondary N) is 1. The van der Waals surface area contributed by atoms with Crippen LogP contribution in [0, 0.1) is 0 Å². The highest BCUT2D eigenvalue weighted by Crippen LogP contribution is 2.07. The predicted molar refractivity (Wildman–Crippen MR) is 69.7 cm³/mol. The van der Waals surface area contributed by atoms with Gasteiger partial charge in [-0.15, -0.1) is 0 Å². The predicted octanol–water partition coefficient (Wildman–Crippen LogP) is 0.930. The number of rotatable bonds is 5. The lowest BCUT2D eigenvalue weighted by molar-refractivity contribution is -0.00815. The summed E-state index contributed by atoms with van der Waals surface area (Å²) in [4.78, 5) is 23.3. The fourth-order valence-electron chi connectivity index (χ4n) is 1.53. The SMILES string of the molecule is CCOC(C)(C)CNC(=O)c1ccn(C)c(=O)c1. The summed E-state index contributed by atoms with van der Waals surface area (Å²) in [5.74, 6) is -0.263. The van der Waals surface area contributed by atoms with Gasteiger partial charge in [0.2, 0.25) is 0 Å². The van der Waals surface area contributed by atoms with Crippen LogP contribution in [-0.4, -0.2) is 29.2 Å². The fraction of sp³-hybridized carbons (Fsp3) is 0.538. The molecule has 0 bridgehead atoms. The first-order chi connectivity index (χ1) is 8.35. The lowest BCUT2D eigenvalue weighted by Gasteiger charge is -2.24. The standard InChI is InChI=1S/C13H20N2O3/c1-5-18-13(2,3)9-14-12(17)10-6-7-15(4)11(16)8-10/h6-8H,5,9H2,1-4H3,(H,14,17). The third kappa shape index (κ3) is 4.00. The van der Waals surface area contributed by atoms with Gasteiger partial charge in [0.25, 0.3) is 11.5 Å². The molecule has 1 aromatic heterocycles. The molecule has 1 aromatic rings. The quantitative estimate of drug-likeness (QED) is 0.848. The van der Waals surface area contributed by atoms with Crippen molar-refractivity contribution in [1.29, 1.82) is 0 Å². The third-order valence-corrected chi connectivity index (χ3v) is 2.58. The van der Waals surface area contributed by atoms with Gasteiger partial charge in [0.15, 0.2) is 0 Å². The van der Waals surface area contributed by atoms with Crippen molar-refractivity contribution in [3.63, 3.8) is 0 Å². The van der Waals surface area contributed by atoms with E-state index in [1.807, 2.05) is 20.8 Å². The van der Waals surface area contributed by atoms with Crippen molar-refractivity contribution in [1.82, 2.24) is 9.88 Å². The molecule has 1 amide bonds. The van der Waals surface area contributed by atoms with E-state index in [0.29, 0.717) is 18.7 Å². The molecule has 1 N–H and O–H groups in total. The molecular weight excluding hydrogens is 232 g/mol. The van der Waals surface area contributed by atoms with Crippen LogP contribution < -0.4 is 10.9 Å². The minimum atomic E-state index is -0.413. The van der Waals surface area contributed by atoms with E-state index in [0.717, 1.165) is 0 Å². The Morgan fingerprint density at radius 2 is 2.17 bits per heavy atom. The normalized spacial score (nSPS) is 11.3. The highest BCUT2D eigenvalue weighted by molar-refractivity contribution is 5.94. The van der Waals surface area contributed by atoms with Crippen molar-refractivity contribution in [3.8, 4) is 0 Å². The van der Waals surface area contributed by atoms with Gasteiger partial charge in [0, 0.05) is 38.0 Å². The van der Waals surface area contributed by atoms with Gasteiger partial charge >= 0.3 is 0 Å². The Morgan fingerprint density at radius 3 is 2.72 bits per heavy atom. The van der Waals surface area contributed by atoms with Crippen molar-refractivity contribution in [2.45, 2.75) is 26.4 Å². The molecule has 0 aliphatic heterocycles. The molecule has 1 rings (SSSR count). The minimum Gasteiger partial charge on any atom is -0.374 e. The Labute approximate surface area is 107 Å². The maximum Gasteiger partial charge on any atom is 0.251 e. The molecular formula is C13H20N2O3. The highest BCUT2D eigenvalue weighted by Gasteiger charge is 2.19. The Bertz CT molecular complexity index is 477. The molecule has 0 saturated heterocycles. The number of amides is 1. The summed E-state index contributed by atoms with van der Waals surface area (Å²) in [5.41, 5.74) is -0.249. The van der Waals surface area contributed by atoms with Crippen LogP contribution in [0.1, 0.15) is 31.1 Å². The first-order valence-corrected chi connectivity index (χ1v) is 5.94. The number of pyridine rings is 1. The second-order valence-corrected chi connectivity index (χ2v) is 4.74. The zero-order chi connectivity index (χ0) is 13.8. The molecule has 100 valence electrons. The van der Waals surface area contributed by atoms with Crippen LogP contribution in [0.2, 0.25) is 0 Å². The van der Waals surface area contributed by atoms with Crippen LogP contribution in [0.4, 0.5) is 0 Å². The van der Waals surface area contributed by atoms with E-state index in [9.17, 15) is 9.59 Å². The van der Waals surface area contributed by atoms with E-state index in [2.05, 4.69) is 5.32 Å². The molecule has 0 atom stereocenters. The Kier molecular flexibility index (Phi) is 4.67. The first kappa shape index (κ1) is 14.4. The molecule has 5 heteroatoms. The summed E-state index contributed by atoms with van der Waals surface area (Å²) in [6, 6.07) is 2.94. The maximum absolute atomic E-state index is 11.8. The van der Waals surface area contributed by atoms with Crippen LogP contribution in [0.25, 0.3) is 0 Å². The minimum absolute atomic E-state index is 0.202. The second kappa shape index (κ2) is 5.82. The largest absolute Gasteiger partial charge is 0.374 e. The molecule has 5 nitrogen and oxygen atoms in total. The van der Waals surface area contributed by atoms with Crippen LogP contribution >= 0.6 is 0 Å². The average Bonchev–Trinajstić information content (AvgIpc) is 2.30. The van der Waals surface area contributed by atoms with E-state index in [4.69, 9.17) is 4.74 Å². The molecule has 0 saturated carbocycles. The van der Waals surface area contributed by atoms with E-state index < -0.39 is 5.60 Å². The van der Waals surface area contributed by atoms with E-state index >= 15 is 0 Å². The van der Waals surface area contributed by atoms with E-state index in [1.54, 1.807) is 19.3 Å². The van der Waals surface area contributed by atoms with Crippen LogP contribution in [0.5, 0.6) is 0 Å². The van der Waals surface area contributed by atoms with E-state index in [-0.39, 0.29) is 11.5 Å². The van der Waals surface area contributed by atoms with Crippen LogP contribution in [0.3, 0.4) is 0 Å². The molecule has 0 aliphatic rings. The van der Waals surface area contributed by atoms with Crippen LogP contribution in [0.15, 0.2) is 23.1 Å². The molecule has 0 radical (unpaired) electrons. The molecule has 0 fully saturated rings. The fourth-order valence-corrected chi connectivity index (χ4v) is 1.53. The monoisotopic (exact) mass is 252 g/mol. The summed E-state index contributed by atoms with van der Waals surface area (Å²) < 4.78 is 6.90. The Balaban J connectivity index is 2.66. The number of nitrogens with zero attached hydrogens (tertiary/aromatic N) is 1. The zero-order valence-electron chi connectivity index (χ0n) is 11.3. The van der Waals surface area contributed by atoms with Crippen molar-refractivity contribution in [2.24, 2.45) is 7.05 Å². The Morgan fingerprint density at radius 1 is 1.50 bits per heavy atom. The molecule has 0 aliphatic carbocycles. The van der Waals surface area contributed by atoms with Crippen molar-refractivity contribution < 1.29 is 9.53 Å². The van der Waals surface area contributed by atoms with Gasteiger partial charge in [-0.1, -0.05) is 0 Å². The van der Waals surface area contributed by atoms with Gasteiger partial charge in [-0.3, -0.25) is 9.59 Å². The number of aromatic nitrogens is 1. The lowest BCUT2D eigenvalue weighted by atomic mass is 10.1. The van der Waals surface area contributed by atoms with E-state index in [1.165, 1.54) is 10.6 Å². The van der Waals surface area contributed by atoms with Crippen molar-refractivity contribution in [3.05, 3.63) is 34.2 Å². The van der Waals surface area contributed by atoms with Gasteiger partial charge < -0.3 is 14.6 Å². The highest BCUT2D eigenvalue weighted by atomic mass is 16.5. The summed E-state index contributed by atoms with van der Waals surface area (Å²) in [7, 11) is 1.64. The van der Waals surface area contributed by atoms with Crippen LogP contribution in [-0.2, 0) is 11.8 Å². The third-order valence-electron chi connectivity index (χ3n) is 2.58. The number of aryl methyl sites for hydroxylation is 1. The summed E-state index contributed by atoms with van der Waals surface area (Å²) in [5, 5.41) is 2.76. The van der Waals surface area contributed by atoms with Crippen molar-refractivity contribution >= 4 is 5.91 Å². The number of hydrogen-bond acceptors (Lipinski definition) is 3. The first-order valence-electron chi connectivity index (χ1n) is 5.94. The molecule has 1 heterocycles. The second-order valence-electron chi connectivity index (χ2n) is 4.74. The zero-order valence-corrected chi connectivity index (χ0v) is 11.3. The lowest BCUT2D eigenvalue weighted by Crippen LogP contribution is -2.40. The molecule has 0 unspecified atom stereocenters. The number of carbonyl (C=O) groups excluding carboxylic acids is 1. The topological polar surface area (TPSA) is 60.3 Å². The summed E-state index contributed by atoms with van der Waals surface area (Å²) in [6.45, 7) is 6.70. The Hall–Kier alpha value is -1.62. The van der Waals surface area contributed by atoms with Gasteiger partial charge in [-0.25, -0.2) is 0 Å². The van der Waals surface area contributed by atoms with Gasteiger partial charge in [0.05, 0.1) is 5.60 Å². The smallest absolute Gasteiger partial charge is 0.251 e. The maximum atomic E-state index is 11.8.